The van der Waals surface area contributed by atoms with Gasteiger partial charge in [0, 0.05) is 27.2 Å². The van der Waals surface area contributed by atoms with E-state index in [-0.39, 0.29) is 17.6 Å². The first-order valence-electron chi connectivity index (χ1n) is 9.80. The Morgan fingerprint density at radius 3 is 2.55 bits per heavy atom. The van der Waals surface area contributed by atoms with Crippen LogP contribution in [0.4, 0.5) is 5.69 Å². The van der Waals surface area contributed by atoms with Gasteiger partial charge in [-0.1, -0.05) is 58.4 Å². The van der Waals surface area contributed by atoms with E-state index >= 15 is 0 Å². The quantitative estimate of drug-likeness (QED) is 0.532. The highest BCUT2D eigenvalue weighted by atomic mass is 79.9. The van der Waals surface area contributed by atoms with Crippen molar-refractivity contribution in [1.82, 2.24) is 0 Å². The number of nitrogens with one attached hydrogen (secondary N) is 1. The zero-order chi connectivity index (χ0) is 20.4. The summed E-state index contributed by atoms with van der Waals surface area (Å²) in [7, 11) is 0. The number of fused-ring (bicyclic) bond motifs is 1. The Kier molecular flexibility index (Phi) is 5.63. The van der Waals surface area contributed by atoms with Crippen LogP contribution in [0.25, 0.3) is 0 Å². The molecule has 29 heavy (non-hydrogen) atoms. The molecule has 1 aliphatic carbocycles. The first kappa shape index (κ1) is 19.6. The monoisotopic (exact) mass is 447 g/mol. The highest BCUT2D eigenvalue weighted by Crippen LogP contribution is 2.32. The highest BCUT2D eigenvalue weighted by Gasteiger charge is 2.28. The molecular weight excluding hydrogens is 426 g/mol. The van der Waals surface area contributed by atoms with Gasteiger partial charge in [0.15, 0.2) is 5.78 Å². The number of aryl methyl sites for hydroxylation is 1. The summed E-state index contributed by atoms with van der Waals surface area (Å²) in [6.45, 7) is 1.97. The Hall–Kier alpha value is -2.72. The Morgan fingerprint density at radius 2 is 1.79 bits per heavy atom. The van der Waals surface area contributed by atoms with Crippen LogP contribution in [0.2, 0.25) is 0 Å². The molecule has 4 rings (SSSR count). The van der Waals surface area contributed by atoms with Crippen molar-refractivity contribution < 1.29 is 9.59 Å². The number of halogens is 1. The van der Waals surface area contributed by atoms with Crippen LogP contribution >= 0.6 is 15.9 Å². The lowest BCUT2D eigenvalue weighted by Gasteiger charge is -2.24. The molecule has 0 aliphatic heterocycles. The van der Waals surface area contributed by atoms with E-state index in [0.29, 0.717) is 12.0 Å². The molecule has 3 aromatic carbocycles. The van der Waals surface area contributed by atoms with E-state index in [4.69, 9.17) is 0 Å². The summed E-state index contributed by atoms with van der Waals surface area (Å²) in [5.74, 6) is 0.0794. The minimum Gasteiger partial charge on any atom is -0.322 e. The number of rotatable bonds is 4. The van der Waals surface area contributed by atoms with E-state index in [1.807, 2.05) is 73.7 Å². The largest absolute Gasteiger partial charge is 0.322 e. The molecule has 0 heterocycles. The lowest BCUT2D eigenvalue weighted by Crippen LogP contribution is -2.24. The third-order valence-electron chi connectivity index (χ3n) is 5.59. The van der Waals surface area contributed by atoms with E-state index < -0.39 is 0 Å². The number of Topliss-reactive ketones (excluding diaryl/α,β-unsaturated/α-hetero) is 1. The van der Waals surface area contributed by atoms with Crippen molar-refractivity contribution in [1.29, 1.82) is 0 Å². The smallest absolute Gasteiger partial charge is 0.255 e. The number of amides is 1. The molecule has 0 radical (unpaired) electrons. The Labute approximate surface area is 179 Å². The van der Waals surface area contributed by atoms with E-state index in [9.17, 15) is 9.59 Å². The van der Waals surface area contributed by atoms with Gasteiger partial charge in [0.2, 0.25) is 0 Å². The number of hydrogen-bond acceptors (Lipinski definition) is 2. The number of ketones is 1. The maximum atomic E-state index is 12.9. The molecule has 4 heteroatoms. The predicted molar refractivity (Wildman–Crippen MR) is 120 cm³/mol. The molecule has 0 spiro atoms. The molecule has 0 saturated carbocycles. The van der Waals surface area contributed by atoms with Crippen molar-refractivity contribution in [2.24, 2.45) is 5.92 Å². The lowest BCUT2D eigenvalue weighted by molar-refractivity contribution is 0.0900. The van der Waals surface area contributed by atoms with Crippen LogP contribution in [-0.4, -0.2) is 11.7 Å². The van der Waals surface area contributed by atoms with Crippen LogP contribution in [0.5, 0.6) is 0 Å². The van der Waals surface area contributed by atoms with Gasteiger partial charge in [-0.2, -0.15) is 0 Å². The van der Waals surface area contributed by atoms with Crippen LogP contribution < -0.4 is 5.32 Å². The fraction of sp³-hybridized carbons (Fsp3) is 0.200. The number of benzene rings is 3. The second kappa shape index (κ2) is 8.34. The predicted octanol–water partition coefficient (Wildman–Crippen LogP) is 6.00. The average molecular weight is 448 g/mol. The second-order valence-corrected chi connectivity index (χ2v) is 8.39. The first-order chi connectivity index (χ1) is 14.0. The van der Waals surface area contributed by atoms with E-state index in [1.54, 1.807) is 0 Å². The van der Waals surface area contributed by atoms with E-state index in [1.165, 1.54) is 0 Å². The maximum absolute atomic E-state index is 12.9. The molecule has 1 aliphatic rings. The minimum absolute atomic E-state index is 0.0107. The van der Waals surface area contributed by atoms with Crippen molar-refractivity contribution >= 4 is 33.3 Å². The normalized spacial score (nSPS) is 15.7. The first-order valence-corrected chi connectivity index (χ1v) is 10.6. The van der Waals surface area contributed by atoms with Gasteiger partial charge in [0.05, 0.1) is 0 Å². The number of para-hydroxylation sites is 1. The summed E-state index contributed by atoms with van der Waals surface area (Å²) < 4.78 is 1.02. The van der Waals surface area contributed by atoms with Gasteiger partial charge in [0.25, 0.3) is 5.91 Å². The SMILES string of the molecule is Cc1ccccc1NC(=O)c1ccc(CC2CCc3c(Br)cccc3C2=O)cc1. The fourth-order valence-electron chi connectivity index (χ4n) is 3.89. The Morgan fingerprint density at radius 1 is 1.03 bits per heavy atom. The Bertz CT molecular complexity index is 1070. The molecule has 3 nitrogen and oxygen atoms in total. The summed E-state index contributed by atoms with van der Waals surface area (Å²) in [4.78, 5) is 25.4. The van der Waals surface area contributed by atoms with Gasteiger partial charge in [-0.25, -0.2) is 0 Å². The van der Waals surface area contributed by atoms with Crippen molar-refractivity contribution in [2.45, 2.75) is 26.2 Å². The average Bonchev–Trinajstić information content (AvgIpc) is 2.73. The van der Waals surface area contributed by atoms with Gasteiger partial charge in [-0.05, 0) is 67.1 Å². The van der Waals surface area contributed by atoms with Gasteiger partial charge in [-0.15, -0.1) is 0 Å². The van der Waals surface area contributed by atoms with Crippen molar-refractivity contribution in [3.63, 3.8) is 0 Å². The van der Waals surface area contributed by atoms with Crippen molar-refractivity contribution in [2.75, 3.05) is 5.32 Å². The molecule has 0 aromatic heterocycles. The molecule has 1 unspecified atom stereocenters. The summed E-state index contributed by atoms with van der Waals surface area (Å²) in [6.07, 6.45) is 2.46. The number of anilines is 1. The number of carbonyl (C=O) groups excluding carboxylic acids is 2. The third kappa shape index (κ3) is 4.18. The number of hydrogen-bond donors (Lipinski definition) is 1. The Balaban J connectivity index is 1.44. The van der Waals surface area contributed by atoms with Crippen molar-refractivity contribution in [3.8, 4) is 0 Å². The standard InChI is InChI=1S/C25H22BrNO2/c1-16-5-2-3-8-23(16)27-25(29)18-11-9-17(10-12-18)15-19-13-14-20-21(24(19)28)6-4-7-22(20)26/h2-12,19H,13-15H2,1H3,(H,27,29). The molecule has 1 N–H and O–H groups in total. The molecular formula is C25H22BrNO2. The molecule has 0 saturated heterocycles. The van der Waals surface area contributed by atoms with Gasteiger partial charge >= 0.3 is 0 Å². The van der Waals surface area contributed by atoms with Gasteiger partial charge in [-0.3, -0.25) is 9.59 Å². The molecule has 146 valence electrons. The molecule has 3 aromatic rings. The van der Waals surface area contributed by atoms with Crippen molar-refractivity contribution in [3.05, 3.63) is 99.0 Å². The van der Waals surface area contributed by atoms with Gasteiger partial charge in [0.1, 0.15) is 0 Å². The van der Waals surface area contributed by atoms with Crippen LogP contribution in [0.15, 0.2) is 71.2 Å². The lowest BCUT2D eigenvalue weighted by atomic mass is 9.80. The summed E-state index contributed by atoms with van der Waals surface area (Å²) in [5, 5.41) is 2.95. The summed E-state index contributed by atoms with van der Waals surface area (Å²) in [6, 6.07) is 21.1. The summed E-state index contributed by atoms with van der Waals surface area (Å²) in [5.41, 5.74) is 5.50. The summed E-state index contributed by atoms with van der Waals surface area (Å²) >= 11 is 3.56. The zero-order valence-electron chi connectivity index (χ0n) is 16.2. The van der Waals surface area contributed by atoms with E-state index in [0.717, 1.165) is 45.3 Å². The van der Waals surface area contributed by atoms with Crippen LogP contribution in [0.1, 0.15) is 43.8 Å². The second-order valence-electron chi connectivity index (χ2n) is 7.54. The topological polar surface area (TPSA) is 46.2 Å². The molecule has 1 amide bonds. The zero-order valence-corrected chi connectivity index (χ0v) is 17.8. The minimum atomic E-state index is -0.127. The maximum Gasteiger partial charge on any atom is 0.255 e. The van der Waals surface area contributed by atoms with Crippen LogP contribution in [-0.2, 0) is 12.8 Å². The van der Waals surface area contributed by atoms with Gasteiger partial charge < -0.3 is 5.32 Å². The van der Waals surface area contributed by atoms with Crippen LogP contribution in [0, 0.1) is 12.8 Å². The molecule has 0 bridgehead atoms. The third-order valence-corrected chi connectivity index (χ3v) is 6.33. The van der Waals surface area contributed by atoms with E-state index in [2.05, 4.69) is 21.2 Å². The molecule has 0 fully saturated rings. The fourth-order valence-corrected chi connectivity index (χ4v) is 4.46. The number of carbonyl (C=O) groups is 2. The van der Waals surface area contributed by atoms with Crippen LogP contribution in [0.3, 0.4) is 0 Å². The molecule has 1 atom stereocenters. The highest BCUT2D eigenvalue weighted by molar-refractivity contribution is 9.10.